The largest absolute Gasteiger partial charge is 0.396 e. The summed E-state index contributed by atoms with van der Waals surface area (Å²) in [6.45, 7) is -0.115. The van der Waals surface area contributed by atoms with Crippen molar-refractivity contribution in [3.8, 4) is 0 Å². The van der Waals surface area contributed by atoms with Crippen LogP contribution in [0.1, 0.15) is 12.8 Å². The quantitative estimate of drug-likeness (QED) is 0.396. The molecule has 0 spiro atoms. The van der Waals surface area contributed by atoms with E-state index in [1.807, 2.05) is 4.72 Å². The molecule has 0 aliphatic rings. The molecule has 0 aromatic heterocycles. The highest BCUT2D eigenvalue weighted by Crippen LogP contribution is 2.05. The highest BCUT2D eigenvalue weighted by atomic mass is 32.2. The molecule has 0 aliphatic carbocycles. The molecule has 13 heavy (non-hydrogen) atoms. The summed E-state index contributed by atoms with van der Waals surface area (Å²) in [5, 5.41) is 17.1. The summed E-state index contributed by atoms with van der Waals surface area (Å²) < 4.78 is 30.8. The second-order valence-corrected chi connectivity index (χ2v) is 3.95. The molecule has 7 heteroatoms. The number of rotatable bonds is 7. The minimum atomic E-state index is -4.17. The van der Waals surface area contributed by atoms with Gasteiger partial charge >= 0.3 is 10.3 Å². The summed E-state index contributed by atoms with van der Waals surface area (Å²) in [5.74, 6) is -0.156. The van der Waals surface area contributed by atoms with E-state index in [-0.39, 0.29) is 25.7 Å². The summed E-state index contributed by atoms with van der Waals surface area (Å²) >= 11 is 0. The van der Waals surface area contributed by atoms with Crippen LogP contribution in [-0.4, -0.2) is 42.9 Å². The SMILES string of the molecule is O=S(=O)(O)NCC(CCO)CCO. The Bertz CT molecular complexity index is 209. The van der Waals surface area contributed by atoms with Gasteiger partial charge < -0.3 is 10.2 Å². The lowest BCUT2D eigenvalue weighted by Gasteiger charge is -2.13. The fourth-order valence-corrected chi connectivity index (χ4v) is 1.38. The van der Waals surface area contributed by atoms with E-state index in [0.29, 0.717) is 12.8 Å². The van der Waals surface area contributed by atoms with Crippen molar-refractivity contribution in [3.63, 3.8) is 0 Å². The third-order valence-corrected chi connectivity index (χ3v) is 2.16. The predicted molar refractivity (Wildman–Crippen MR) is 46.4 cm³/mol. The fourth-order valence-electron chi connectivity index (χ4n) is 0.937. The molecule has 0 radical (unpaired) electrons. The average Bonchev–Trinajstić information content (AvgIpc) is 2.00. The van der Waals surface area contributed by atoms with Crippen molar-refractivity contribution in [3.05, 3.63) is 0 Å². The van der Waals surface area contributed by atoms with Gasteiger partial charge in [0.2, 0.25) is 0 Å². The van der Waals surface area contributed by atoms with Gasteiger partial charge in [-0.15, -0.1) is 0 Å². The zero-order chi connectivity index (χ0) is 10.3. The molecule has 0 saturated heterocycles. The fraction of sp³-hybridized carbons (Fsp3) is 1.00. The normalized spacial score (nSPS) is 12.3. The van der Waals surface area contributed by atoms with Crippen molar-refractivity contribution in [1.82, 2.24) is 4.72 Å². The Balaban J connectivity index is 3.81. The molecular weight excluding hydrogens is 198 g/mol. The summed E-state index contributed by atoms with van der Waals surface area (Å²) in [7, 11) is -4.17. The van der Waals surface area contributed by atoms with Crippen LogP contribution >= 0.6 is 0 Å². The highest BCUT2D eigenvalue weighted by molar-refractivity contribution is 7.83. The number of hydrogen-bond acceptors (Lipinski definition) is 4. The van der Waals surface area contributed by atoms with Crippen molar-refractivity contribution in [2.45, 2.75) is 12.8 Å². The van der Waals surface area contributed by atoms with E-state index in [1.54, 1.807) is 0 Å². The van der Waals surface area contributed by atoms with Crippen LogP contribution in [0.2, 0.25) is 0 Å². The van der Waals surface area contributed by atoms with Crippen molar-refractivity contribution >= 4 is 10.3 Å². The third-order valence-electron chi connectivity index (χ3n) is 1.63. The van der Waals surface area contributed by atoms with Gasteiger partial charge in [0.15, 0.2) is 0 Å². The van der Waals surface area contributed by atoms with Gasteiger partial charge in [-0.2, -0.15) is 13.1 Å². The molecule has 0 unspecified atom stereocenters. The van der Waals surface area contributed by atoms with Crippen molar-refractivity contribution in [2.75, 3.05) is 19.8 Å². The Morgan fingerprint density at radius 2 is 1.62 bits per heavy atom. The van der Waals surface area contributed by atoms with E-state index in [0.717, 1.165) is 0 Å². The maximum atomic E-state index is 10.3. The Hall–Kier alpha value is -0.210. The summed E-state index contributed by atoms with van der Waals surface area (Å²) in [6.07, 6.45) is 0.784. The van der Waals surface area contributed by atoms with E-state index < -0.39 is 10.3 Å². The molecule has 0 atom stereocenters. The van der Waals surface area contributed by atoms with Gasteiger partial charge in [-0.3, -0.25) is 4.55 Å². The predicted octanol–water partition coefficient (Wildman–Crippen LogP) is -1.24. The van der Waals surface area contributed by atoms with Crippen molar-refractivity contribution in [2.24, 2.45) is 5.92 Å². The molecule has 0 saturated carbocycles. The molecule has 0 heterocycles. The first-order chi connectivity index (χ1) is 5.99. The minimum absolute atomic E-state index is 0.0277. The van der Waals surface area contributed by atoms with E-state index in [4.69, 9.17) is 14.8 Å². The summed E-state index contributed by atoms with van der Waals surface area (Å²) in [6, 6.07) is 0. The minimum Gasteiger partial charge on any atom is -0.396 e. The second kappa shape index (κ2) is 6.28. The lowest BCUT2D eigenvalue weighted by Crippen LogP contribution is -2.29. The lowest BCUT2D eigenvalue weighted by molar-refractivity contribution is 0.215. The number of nitrogens with one attached hydrogen (secondary N) is 1. The standard InChI is InChI=1S/C6H15NO5S/c8-3-1-6(2-4-9)5-7-13(10,11)12/h6-9H,1-5H2,(H,10,11,12). The molecule has 0 rings (SSSR count). The molecule has 0 aliphatic heterocycles. The Labute approximate surface area is 77.5 Å². The van der Waals surface area contributed by atoms with Crippen LogP contribution in [0.3, 0.4) is 0 Å². The van der Waals surface area contributed by atoms with Crippen LogP contribution in [0.25, 0.3) is 0 Å². The summed E-state index contributed by atoms with van der Waals surface area (Å²) in [5.41, 5.74) is 0. The first kappa shape index (κ1) is 12.8. The van der Waals surface area contributed by atoms with Gasteiger partial charge in [0.1, 0.15) is 0 Å². The topological polar surface area (TPSA) is 107 Å². The second-order valence-electron chi connectivity index (χ2n) is 2.71. The van der Waals surface area contributed by atoms with Crippen LogP contribution in [0.5, 0.6) is 0 Å². The van der Waals surface area contributed by atoms with Crippen LogP contribution in [0, 0.1) is 5.92 Å². The Morgan fingerprint density at radius 3 is 1.92 bits per heavy atom. The van der Waals surface area contributed by atoms with Gasteiger partial charge in [0.05, 0.1) is 0 Å². The molecule has 80 valence electrons. The van der Waals surface area contributed by atoms with Crippen molar-refractivity contribution in [1.29, 1.82) is 0 Å². The number of hydrogen-bond donors (Lipinski definition) is 4. The molecule has 0 amide bonds. The molecular formula is C6H15NO5S. The van der Waals surface area contributed by atoms with Crippen LogP contribution in [0.15, 0.2) is 0 Å². The smallest absolute Gasteiger partial charge is 0.333 e. The zero-order valence-electron chi connectivity index (χ0n) is 7.18. The molecule has 0 fully saturated rings. The summed E-state index contributed by atoms with van der Waals surface area (Å²) in [4.78, 5) is 0. The van der Waals surface area contributed by atoms with Gasteiger partial charge in [0.25, 0.3) is 0 Å². The maximum Gasteiger partial charge on any atom is 0.333 e. The van der Waals surface area contributed by atoms with E-state index in [9.17, 15) is 8.42 Å². The van der Waals surface area contributed by atoms with Crippen LogP contribution in [0.4, 0.5) is 0 Å². The Morgan fingerprint density at radius 1 is 1.15 bits per heavy atom. The lowest BCUT2D eigenvalue weighted by atomic mass is 10.0. The monoisotopic (exact) mass is 213 g/mol. The van der Waals surface area contributed by atoms with Crippen molar-refractivity contribution < 1.29 is 23.2 Å². The van der Waals surface area contributed by atoms with Gasteiger partial charge in [-0.1, -0.05) is 0 Å². The number of aliphatic hydroxyl groups is 2. The van der Waals surface area contributed by atoms with E-state index in [1.165, 1.54) is 0 Å². The number of aliphatic hydroxyl groups excluding tert-OH is 2. The maximum absolute atomic E-state index is 10.3. The molecule has 0 bridgehead atoms. The van der Waals surface area contributed by atoms with Gasteiger partial charge in [-0.05, 0) is 18.8 Å². The zero-order valence-corrected chi connectivity index (χ0v) is 8.00. The van der Waals surface area contributed by atoms with Gasteiger partial charge in [0, 0.05) is 19.8 Å². The highest BCUT2D eigenvalue weighted by Gasteiger charge is 2.11. The third kappa shape index (κ3) is 8.13. The van der Waals surface area contributed by atoms with E-state index >= 15 is 0 Å². The first-order valence-electron chi connectivity index (χ1n) is 3.93. The molecule has 0 aromatic carbocycles. The molecule has 0 aromatic rings. The van der Waals surface area contributed by atoms with Gasteiger partial charge in [-0.25, -0.2) is 0 Å². The Kier molecular flexibility index (Phi) is 6.17. The first-order valence-corrected chi connectivity index (χ1v) is 5.37. The molecule has 4 N–H and O–H groups in total. The van der Waals surface area contributed by atoms with E-state index in [2.05, 4.69) is 0 Å². The van der Waals surface area contributed by atoms with Crippen LogP contribution < -0.4 is 4.72 Å². The van der Waals surface area contributed by atoms with Crippen LogP contribution in [-0.2, 0) is 10.3 Å². The average molecular weight is 213 g/mol. The molecule has 6 nitrogen and oxygen atoms in total.